The maximum atomic E-state index is 11.4. The van der Waals surface area contributed by atoms with Gasteiger partial charge in [-0.1, -0.05) is 6.92 Å². The van der Waals surface area contributed by atoms with Crippen molar-refractivity contribution in [3.63, 3.8) is 0 Å². The SMILES string of the molecule is C#CCC(CC)NC(=O)C(C)NC. The number of hydrogen-bond donors (Lipinski definition) is 2. The first-order chi connectivity index (χ1) is 6.15. The second-order valence-corrected chi connectivity index (χ2v) is 3.03. The Labute approximate surface area is 80.3 Å². The van der Waals surface area contributed by atoms with Crippen LogP contribution >= 0.6 is 0 Å². The van der Waals surface area contributed by atoms with Crippen molar-refractivity contribution in [1.82, 2.24) is 10.6 Å². The summed E-state index contributed by atoms with van der Waals surface area (Å²) in [5.74, 6) is 2.55. The fraction of sp³-hybridized carbons (Fsp3) is 0.700. The highest BCUT2D eigenvalue weighted by molar-refractivity contribution is 5.81. The van der Waals surface area contributed by atoms with Gasteiger partial charge in [-0.2, -0.15) is 0 Å². The van der Waals surface area contributed by atoms with E-state index in [1.807, 2.05) is 13.8 Å². The third-order valence-electron chi connectivity index (χ3n) is 2.03. The highest BCUT2D eigenvalue weighted by Crippen LogP contribution is 1.96. The van der Waals surface area contributed by atoms with Crippen molar-refractivity contribution in [2.45, 2.75) is 38.8 Å². The van der Waals surface area contributed by atoms with Gasteiger partial charge in [0.15, 0.2) is 0 Å². The van der Waals surface area contributed by atoms with Crippen molar-refractivity contribution in [1.29, 1.82) is 0 Å². The average Bonchev–Trinajstić information content (AvgIpc) is 2.15. The first-order valence-corrected chi connectivity index (χ1v) is 4.56. The second-order valence-electron chi connectivity index (χ2n) is 3.03. The Hall–Kier alpha value is -1.01. The molecule has 0 aliphatic carbocycles. The van der Waals surface area contributed by atoms with Crippen LogP contribution in [-0.4, -0.2) is 25.0 Å². The van der Waals surface area contributed by atoms with E-state index in [0.29, 0.717) is 6.42 Å². The summed E-state index contributed by atoms with van der Waals surface area (Å²) in [6.07, 6.45) is 6.64. The summed E-state index contributed by atoms with van der Waals surface area (Å²) in [5.41, 5.74) is 0. The van der Waals surface area contributed by atoms with Crippen LogP contribution in [0.4, 0.5) is 0 Å². The van der Waals surface area contributed by atoms with Gasteiger partial charge in [-0.05, 0) is 20.4 Å². The molecule has 0 aliphatic heterocycles. The maximum absolute atomic E-state index is 11.4. The standard InChI is InChI=1S/C10H18N2O/c1-5-7-9(6-2)12-10(13)8(3)11-4/h1,8-9,11H,6-7H2,2-4H3,(H,12,13). The van der Waals surface area contributed by atoms with Crippen LogP contribution in [0.1, 0.15) is 26.7 Å². The molecule has 0 radical (unpaired) electrons. The molecule has 2 N–H and O–H groups in total. The summed E-state index contributed by atoms with van der Waals surface area (Å²) >= 11 is 0. The van der Waals surface area contributed by atoms with Gasteiger partial charge in [0, 0.05) is 12.5 Å². The van der Waals surface area contributed by atoms with Crippen LogP contribution in [-0.2, 0) is 4.79 Å². The summed E-state index contributed by atoms with van der Waals surface area (Å²) in [5, 5.41) is 5.75. The summed E-state index contributed by atoms with van der Waals surface area (Å²) in [6.45, 7) is 3.82. The zero-order chi connectivity index (χ0) is 10.3. The Morgan fingerprint density at radius 3 is 2.62 bits per heavy atom. The Morgan fingerprint density at radius 2 is 2.23 bits per heavy atom. The monoisotopic (exact) mass is 182 g/mol. The number of rotatable bonds is 5. The molecule has 0 rings (SSSR count). The predicted molar refractivity (Wildman–Crippen MR) is 54.2 cm³/mol. The van der Waals surface area contributed by atoms with E-state index in [1.54, 1.807) is 7.05 Å². The zero-order valence-corrected chi connectivity index (χ0v) is 8.55. The van der Waals surface area contributed by atoms with E-state index >= 15 is 0 Å². The lowest BCUT2D eigenvalue weighted by Crippen LogP contribution is -2.44. The summed E-state index contributed by atoms with van der Waals surface area (Å²) in [6, 6.07) is -0.0554. The van der Waals surface area contributed by atoms with Gasteiger partial charge in [-0.3, -0.25) is 4.79 Å². The van der Waals surface area contributed by atoms with E-state index in [-0.39, 0.29) is 18.0 Å². The summed E-state index contributed by atoms with van der Waals surface area (Å²) in [7, 11) is 1.76. The molecule has 0 saturated carbocycles. The highest BCUT2D eigenvalue weighted by Gasteiger charge is 2.13. The van der Waals surface area contributed by atoms with E-state index in [4.69, 9.17) is 6.42 Å². The fourth-order valence-corrected chi connectivity index (χ4v) is 0.897. The van der Waals surface area contributed by atoms with Crippen molar-refractivity contribution in [2.24, 2.45) is 0 Å². The lowest BCUT2D eigenvalue weighted by Gasteiger charge is -2.17. The number of hydrogen-bond acceptors (Lipinski definition) is 2. The molecule has 13 heavy (non-hydrogen) atoms. The molecule has 0 aromatic carbocycles. The molecule has 1 amide bonds. The lowest BCUT2D eigenvalue weighted by molar-refractivity contribution is -0.123. The molecule has 2 unspecified atom stereocenters. The van der Waals surface area contributed by atoms with E-state index in [1.165, 1.54) is 0 Å². The van der Waals surface area contributed by atoms with Crippen molar-refractivity contribution >= 4 is 5.91 Å². The molecule has 0 aromatic heterocycles. The molecule has 0 saturated heterocycles. The highest BCUT2D eigenvalue weighted by atomic mass is 16.2. The number of likely N-dealkylation sites (N-methyl/N-ethyl adjacent to an activating group) is 1. The van der Waals surface area contributed by atoms with Crippen LogP contribution in [0, 0.1) is 12.3 Å². The van der Waals surface area contributed by atoms with Gasteiger partial charge >= 0.3 is 0 Å². The second kappa shape index (κ2) is 6.50. The number of terminal acetylenes is 1. The van der Waals surface area contributed by atoms with Crippen LogP contribution in [0.3, 0.4) is 0 Å². The van der Waals surface area contributed by atoms with Gasteiger partial charge in [0.05, 0.1) is 6.04 Å². The fourth-order valence-electron chi connectivity index (χ4n) is 0.897. The van der Waals surface area contributed by atoms with Gasteiger partial charge < -0.3 is 10.6 Å². The molecule has 3 nitrogen and oxygen atoms in total. The zero-order valence-electron chi connectivity index (χ0n) is 8.55. The molecule has 0 aliphatic rings. The van der Waals surface area contributed by atoms with Gasteiger partial charge in [0.25, 0.3) is 0 Å². The number of nitrogens with one attached hydrogen (secondary N) is 2. The molecule has 0 fully saturated rings. The minimum Gasteiger partial charge on any atom is -0.351 e. The Morgan fingerprint density at radius 1 is 1.62 bits per heavy atom. The van der Waals surface area contributed by atoms with Gasteiger partial charge in [0.2, 0.25) is 5.91 Å². The van der Waals surface area contributed by atoms with E-state index in [0.717, 1.165) is 6.42 Å². The normalized spacial score (nSPS) is 14.3. The van der Waals surface area contributed by atoms with Crippen molar-refractivity contribution < 1.29 is 4.79 Å². The van der Waals surface area contributed by atoms with Crippen LogP contribution in [0.5, 0.6) is 0 Å². The van der Waals surface area contributed by atoms with Crippen LogP contribution < -0.4 is 10.6 Å². The molecule has 0 heterocycles. The summed E-state index contributed by atoms with van der Waals surface area (Å²) < 4.78 is 0. The third-order valence-corrected chi connectivity index (χ3v) is 2.03. The van der Waals surface area contributed by atoms with Crippen LogP contribution in [0.15, 0.2) is 0 Å². The lowest BCUT2D eigenvalue weighted by atomic mass is 10.1. The minimum atomic E-state index is -0.160. The van der Waals surface area contributed by atoms with Crippen LogP contribution in [0.2, 0.25) is 0 Å². The average molecular weight is 182 g/mol. The smallest absolute Gasteiger partial charge is 0.237 e. The molecule has 0 bridgehead atoms. The Kier molecular flexibility index (Phi) is 5.99. The molecular weight excluding hydrogens is 164 g/mol. The van der Waals surface area contributed by atoms with Crippen molar-refractivity contribution in [2.75, 3.05) is 7.05 Å². The minimum absolute atomic E-state index is 0.00426. The Bertz CT molecular complexity index is 196. The van der Waals surface area contributed by atoms with Gasteiger partial charge in [-0.25, -0.2) is 0 Å². The molecular formula is C10H18N2O. The first kappa shape index (κ1) is 12.0. The largest absolute Gasteiger partial charge is 0.351 e. The molecule has 0 aromatic rings. The van der Waals surface area contributed by atoms with Gasteiger partial charge in [-0.15, -0.1) is 12.3 Å². The summed E-state index contributed by atoms with van der Waals surface area (Å²) in [4.78, 5) is 11.4. The molecule has 3 heteroatoms. The van der Waals surface area contributed by atoms with E-state index in [9.17, 15) is 4.79 Å². The molecule has 2 atom stereocenters. The van der Waals surface area contributed by atoms with Crippen LogP contribution in [0.25, 0.3) is 0 Å². The first-order valence-electron chi connectivity index (χ1n) is 4.56. The van der Waals surface area contributed by atoms with Crippen molar-refractivity contribution in [3.8, 4) is 12.3 Å². The topological polar surface area (TPSA) is 41.1 Å². The van der Waals surface area contributed by atoms with E-state index < -0.39 is 0 Å². The van der Waals surface area contributed by atoms with Gasteiger partial charge in [0.1, 0.15) is 0 Å². The number of carbonyl (C=O) groups is 1. The quantitative estimate of drug-likeness (QED) is 0.608. The van der Waals surface area contributed by atoms with Crippen molar-refractivity contribution in [3.05, 3.63) is 0 Å². The Balaban J connectivity index is 3.94. The maximum Gasteiger partial charge on any atom is 0.237 e. The number of carbonyl (C=O) groups excluding carboxylic acids is 1. The van der Waals surface area contributed by atoms with E-state index in [2.05, 4.69) is 16.6 Å². The third kappa shape index (κ3) is 4.54. The molecule has 74 valence electrons. The number of amides is 1. The predicted octanol–water partition coefficient (Wildman–Crippen LogP) is 0.512. The molecule has 0 spiro atoms.